The summed E-state index contributed by atoms with van der Waals surface area (Å²) < 4.78 is 15.7. The van der Waals surface area contributed by atoms with Crippen molar-refractivity contribution in [3.63, 3.8) is 0 Å². The van der Waals surface area contributed by atoms with E-state index in [-0.39, 0.29) is 41.5 Å². The van der Waals surface area contributed by atoms with Crippen molar-refractivity contribution in [2.24, 2.45) is 0 Å². The number of aromatic nitrogens is 3. The first-order valence-corrected chi connectivity index (χ1v) is 10.7. The quantitative estimate of drug-likeness (QED) is 0.552. The third kappa shape index (κ3) is 2.52. The van der Waals surface area contributed by atoms with E-state index in [2.05, 4.69) is 35.8 Å². The number of carbonyl (C=O) groups is 1. The first-order chi connectivity index (χ1) is 14.6. The predicted octanol–water partition coefficient (Wildman–Crippen LogP) is 3.68. The van der Waals surface area contributed by atoms with Crippen LogP contribution in [-0.2, 0) is 0 Å². The number of pyridine rings is 1. The van der Waals surface area contributed by atoms with Crippen molar-refractivity contribution in [3.05, 3.63) is 70.8 Å². The number of fused-ring (bicyclic) bond motifs is 5. The van der Waals surface area contributed by atoms with Crippen molar-refractivity contribution in [2.75, 3.05) is 4.90 Å². The van der Waals surface area contributed by atoms with Crippen LogP contribution in [0.4, 0.5) is 10.2 Å². The van der Waals surface area contributed by atoms with Crippen molar-refractivity contribution in [1.29, 1.82) is 0 Å². The first-order valence-electron chi connectivity index (χ1n) is 9.93. The SMILES string of the molecule is O=C(c1cccc(F)c1-c1ncccn1)N1C2CCC1C1C2N1c1ccc(Br)cn1. The van der Waals surface area contributed by atoms with Crippen molar-refractivity contribution in [2.45, 2.75) is 37.0 Å². The molecular weight excluding hydrogens is 449 g/mol. The summed E-state index contributed by atoms with van der Waals surface area (Å²) in [5.74, 6) is 0.558. The molecule has 0 saturated carbocycles. The fraction of sp³-hybridized carbons (Fsp3) is 0.273. The lowest BCUT2D eigenvalue weighted by molar-refractivity contribution is 0.0712. The molecule has 6 rings (SSSR count). The van der Waals surface area contributed by atoms with Gasteiger partial charge in [-0.1, -0.05) is 6.07 Å². The molecule has 3 aromatic rings. The highest BCUT2D eigenvalue weighted by atomic mass is 79.9. The molecule has 5 heterocycles. The Morgan fingerprint density at radius 1 is 1.00 bits per heavy atom. The zero-order valence-electron chi connectivity index (χ0n) is 15.8. The van der Waals surface area contributed by atoms with E-state index in [9.17, 15) is 9.18 Å². The molecule has 30 heavy (non-hydrogen) atoms. The average Bonchev–Trinajstić information content (AvgIpc) is 3.27. The van der Waals surface area contributed by atoms with Gasteiger partial charge in [0.2, 0.25) is 0 Å². The van der Waals surface area contributed by atoms with E-state index in [4.69, 9.17) is 0 Å². The van der Waals surface area contributed by atoms with E-state index >= 15 is 0 Å². The number of carbonyl (C=O) groups excluding carboxylic acids is 1. The second-order valence-corrected chi connectivity index (χ2v) is 8.80. The smallest absolute Gasteiger partial charge is 0.255 e. The van der Waals surface area contributed by atoms with E-state index in [0.29, 0.717) is 5.56 Å². The fourth-order valence-corrected chi connectivity index (χ4v) is 5.49. The normalized spacial score (nSPS) is 26.1. The van der Waals surface area contributed by atoms with Gasteiger partial charge in [-0.05, 0) is 59.1 Å². The molecule has 0 aliphatic carbocycles. The molecule has 3 aliphatic rings. The molecule has 3 fully saturated rings. The fourth-order valence-electron chi connectivity index (χ4n) is 5.26. The van der Waals surface area contributed by atoms with Crippen LogP contribution in [0.3, 0.4) is 0 Å². The van der Waals surface area contributed by atoms with Crippen LogP contribution in [0.25, 0.3) is 11.4 Å². The van der Waals surface area contributed by atoms with E-state index in [0.717, 1.165) is 23.1 Å². The molecule has 3 saturated heterocycles. The maximum absolute atomic E-state index is 14.7. The summed E-state index contributed by atoms with van der Waals surface area (Å²) in [6.07, 6.45) is 6.82. The Morgan fingerprint density at radius 2 is 1.73 bits per heavy atom. The summed E-state index contributed by atoms with van der Waals surface area (Å²) in [5, 5.41) is 0. The predicted molar refractivity (Wildman–Crippen MR) is 112 cm³/mol. The number of anilines is 1. The minimum atomic E-state index is -0.482. The Morgan fingerprint density at radius 3 is 2.40 bits per heavy atom. The Bertz CT molecular complexity index is 1120. The number of piperazine rings is 1. The van der Waals surface area contributed by atoms with Crippen LogP contribution in [0.5, 0.6) is 0 Å². The van der Waals surface area contributed by atoms with E-state index in [1.807, 2.05) is 17.0 Å². The molecule has 1 amide bonds. The Hall–Kier alpha value is -2.87. The highest BCUT2D eigenvalue weighted by Gasteiger charge is 2.69. The molecule has 6 nitrogen and oxygen atoms in total. The van der Waals surface area contributed by atoms with Crippen molar-refractivity contribution < 1.29 is 9.18 Å². The molecule has 8 heteroatoms. The third-order valence-corrected chi connectivity index (χ3v) is 6.88. The van der Waals surface area contributed by atoms with Crippen LogP contribution in [0.15, 0.2) is 59.5 Å². The Kier molecular flexibility index (Phi) is 3.93. The van der Waals surface area contributed by atoms with Gasteiger partial charge in [0, 0.05) is 23.1 Å². The third-order valence-electron chi connectivity index (χ3n) is 6.41. The van der Waals surface area contributed by atoms with E-state index in [1.165, 1.54) is 6.07 Å². The summed E-state index contributed by atoms with van der Waals surface area (Å²) in [6.45, 7) is 0. The number of nitrogens with zero attached hydrogens (tertiary/aromatic N) is 5. The van der Waals surface area contributed by atoms with Crippen molar-refractivity contribution >= 4 is 27.7 Å². The highest BCUT2D eigenvalue weighted by Crippen LogP contribution is 2.54. The second-order valence-electron chi connectivity index (χ2n) is 7.88. The van der Waals surface area contributed by atoms with Gasteiger partial charge >= 0.3 is 0 Å². The monoisotopic (exact) mass is 465 g/mol. The van der Waals surface area contributed by atoms with Gasteiger partial charge in [0.25, 0.3) is 5.91 Å². The van der Waals surface area contributed by atoms with Crippen molar-refractivity contribution in [1.82, 2.24) is 19.9 Å². The number of hydrogen-bond acceptors (Lipinski definition) is 5. The molecule has 2 aromatic heterocycles. The van der Waals surface area contributed by atoms with E-state index in [1.54, 1.807) is 36.8 Å². The summed E-state index contributed by atoms with van der Waals surface area (Å²) in [5.41, 5.74) is 0.502. The molecule has 4 atom stereocenters. The van der Waals surface area contributed by atoms with Crippen LogP contribution in [0, 0.1) is 5.82 Å². The van der Waals surface area contributed by atoms with Gasteiger partial charge in [-0.2, -0.15) is 0 Å². The lowest BCUT2D eigenvalue weighted by Gasteiger charge is -2.29. The molecule has 0 N–H and O–H groups in total. The minimum Gasteiger partial charge on any atom is -0.342 e. The summed E-state index contributed by atoms with van der Waals surface area (Å²) in [7, 11) is 0. The summed E-state index contributed by atoms with van der Waals surface area (Å²) in [4.78, 5) is 30.7. The molecule has 3 aliphatic heterocycles. The summed E-state index contributed by atoms with van der Waals surface area (Å²) in [6, 6.07) is 11.1. The molecule has 4 unspecified atom stereocenters. The first kappa shape index (κ1) is 17.9. The van der Waals surface area contributed by atoms with Crippen LogP contribution in [-0.4, -0.2) is 49.9 Å². The van der Waals surface area contributed by atoms with Gasteiger partial charge in [-0.3, -0.25) is 4.79 Å². The van der Waals surface area contributed by atoms with Crippen LogP contribution < -0.4 is 4.90 Å². The number of halogens is 2. The maximum atomic E-state index is 14.7. The molecule has 1 aromatic carbocycles. The minimum absolute atomic E-state index is 0.116. The second kappa shape index (κ2) is 6.57. The standard InChI is InChI=1S/C22H17BrFN5O/c23-12-5-8-17(27-11-12)29-19-15-6-7-16(20(19)29)28(15)22(30)13-3-1-4-14(24)18(13)21-25-9-2-10-26-21/h1-5,8-11,15-16,19-20H,6-7H2. The molecule has 0 spiro atoms. The Labute approximate surface area is 180 Å². The number of benzene rings is 1. The molecule has 2 bridgehead atoms. The molecule has 150 valence electrons. The number of rotatable bonds is 3. The van der Waals surface area contributed by atoms with Gasteiger partial charge < -0.3 is 9.80 Å². The topological polar surface area (TPSA) is 62.0 Å². The lowest BCUT2D eigenvalue weighted by atomic mass is 10.0. The van der Waals surface area contributed by atoms with Gasteiger partial charge in [-0.25, -0.2) is 19.3 Å². The average molecular weight is 466 g/mol. The van der Waals surface area contributed by atoms with Crippen LogP contribution in [0.2, 0.25) is 0 Å². The van der Waals surface area contributed by atoms with Crippen LogP contribution >= 0.6 is 15.9 Å². The maximum Gasteiger partial charge on any atom is 0.255 e. The Balaban J connectivity index is 1.32. The van der Waals surface area contributed by atoms with Gasteiger partial charge in [0.15, 0.2) is 5.82 Å². The van der Waals surface area contributed by atoms with Gasteiger partial charge in [-0.15, -0.1) is 0 Å². The lowest BCUT2D eigenvalue weighted by Crippen LogP contribution is -2.43. The number of amides is 1. The highest BCUT2D eigenvalue weighted by molar-refractivity contribution is 9.10. The zero-order valence-corrected chi connectivity index (χ0v) is 17.4. The van der Waals surface area contributed by atoms with Crippen LogP contribution in [0.1, 0.15) is 23.2 Å². The van der Waals surface area contributed by atoms with Gasteiger partial charge in [0.1, 0.15) is 11.6 Å². The summed E-state index contributed by atoms with van der Waals surface area (Å²) >= 11 is 3.42. The number of hydrogen-bond donors (Lipinski definition) is 0. The largest absolute Gasteiger partial charge is 0.342 e. The zero-order chi connectivity index (χ0) is 20.4. The van der Waals surface area contributed by atoms with E-state index < -0.39 is 5.82 Å². The van der Waals surface area contributed by atoms with Gasteiger partial charge in [0.05, 0.1) is 35.3 Å². The van der Waals surface area contributed by atoms with Crippen molar-refractivity contribution in [3.8, 4) is 11.4 Å². The molecule has 0 radical (unpaired) electrons. The molecular formula is C22H17BrFN5O.